The summed E-state index contributed by atoms with van der Waals surface area (Å²) in [5.74, 6) is 0. The maximum Gasteiger partial charge on any atom is -0.0193 e. The van der Waals surface area contributed by atoms with Gasteiger partial charge in [-0.3, -0.25) is 0 Å². The van der Waals surface area contributed by atoms with E-state index in [1.54, 1.807) is 22.3 Å². The molecule has 0 unspecified atom stereocenters. The van der Waals surface area contributed by atoms with Crippen LogP contribution in [-0.2, 0) is 6.42 Å². The molecule has 0 N–H and O–H groups in total. The lowest BCUT2D eigenvalue weighted by Crippen LogP contribution is -2.08. The second-order valence-corrected chi connectivity index (χ2v) is 4.95. The highest BCUT2D eigenvalue weighted by molar-refractivity contribution is 5.74. The molecule has 0 fully saturated rings. The van der Waals surface area contributed by atoms with Gasteiger partial charge in [-0.15, -0.1) is 0 Å². The maximum atomic E-state index is 2.38. The molecule has 0 saturated heterocycles. The summed E-state index contributed by atoms with van der Waals surface area (Å²) in [4.78, 5) is 0. The molecule has 0 heterocycles. The largest absolute Gasteiger partial charge is 0.0776 e. The van der Waals surface area contributed by atoms with Crippen LogP contribution in [0.5, 0.6) is 0 Å². The van der Waals surface area contributed by atoms with E-state index in [1.165, 1.54) is 44.1 Å². The summed E-state index contributed by atoms with van der Waals surface area (Å²) in [5.41, 5.74) is 8.03. The molecule has 0 atom stereocenters. The molecule has 0 aromatic heterocycles. The van der Waals surface area contributed by atoms with E-state index in [9.17, 15) is 0 Å². The van der Waals surface area contributed by atoms with E-state index in [4.69, 9.17) is 0 Å². The van der Waals surface area contributed by atoms with Crippen molar-refractivity contribution in [3.05, 3.63) is 40.5 Å². The molecule has 0 aliphatic heterocycles. The Kier molecular flexibility index (Phi) is 5.65. The number of allylic oxidation sites excluding steroid dienone is 2. The topological polar surface area (TPSA) is 0 Å². The van der Waals surface area contributed by atoms with Crippen molar-refractivity contribution < 1.29 is 0 Å². The van der Waals surface area contributed by atoms with Crippen molar-refractivity contribution in [2.75, 3.05) is 0 Å². The van der Waals surface area contributed by atoms with E-state index in [1.807, 2.05) is 13.8 Å². The number of benzene rings is 1. The number of fused-ring (bicyclic) bond motifs is 2. The smallest absolute Gasteiger partial charge is 0.0193 e. The van der Waals surface area contributed by atoms with Gasteiger partial charge < -0.3 is 0 Å². The van der Waals surface area contributed by atoms with Gasteiger partial charge in [0.25, 0.3) is 0 Å². The van der Waals surface area contributed by atoms with Crippen LogP contribution in [0.4, 0.5) is 0 Å². The summed E-state index contributed by atoms with van der Waals surface area (Å²) in [6.07, 6.45) is 8.10. The Balaban J connectivity index is 0.000000516. The van der Waals surface area contributed by atoms with Crippen LogP contribution in [0.25, 0.3) is 5.57 Å². The molecule has 2 aliphatic carbocycles. The van der Waals surface area contributed by atoms with Gasteiger partial charge in [0.1, 0.15) is 0 Å². The first kappa shape index (κ1) is 15.0. The van der Waals surface area contributed by atoms with Crippen molar-refractivity contribution >= 4 is 5.57 Å². The molecule has 0 amide bonds. The summed E-state index contributed by atoms with van der Waals surface area (Å²) in [6.45, 7) is 6.20. The Bertz CT molecular complexity index is 424. The highest BCUT2D eigenvalue weighted by Gasteiger charge is 2.20. The van der Waals surface area contributed by atoms with Crippen molar-refractivity contribution in [1.82, 2.24) is 0 Å². The molecule has 0 saturated carbocycles. The monoisotopic (exact) mass is 244 g/mol. The zero-order valence-corrected chi connectivity index (χ0v) is 11.5. The molecule has 1 aromatic rings. The van der Waals surface area contributed by atoms with E-state index in [2.05, 4.69) is 25.1 Å². The second kappa shape index (κ2) is 6.78. The summed E-state index contributed by atoms with van der Waals surface area (Å²) >= 11 is 0. The molecule has 0 bridgehead atoms. The Labute approximate surface area is 113 Å². The van der Waals surface area contributed by atoms with Gasteiger partial charge in [0.2, 0.25) is 0 Å². The highest BCUT2D eigenvalue weighted by Crippen LogP contribution is 2.40. The normalized spacial score (nSPS) is 16.8. The first-order chi connectivity index (χ1) is 8.34. The summed E-state index contributed by atoms with van der Waals surface area (Å²) < 4.78 is 0. The van der Waals surface area contributed by atoms with Crippen LogP contribution >= 0.6 is 0 Å². The fourth-order valence-corrected chi connectivity index (χ4v) is 3.08. The van der Waals surface area contributed by atoms with Gasteiger partial charge in [-0.25, -0.2) is 0 Å². The average molecular weight is 244 g/mol. The van der Waals surface area contributed by atoms with Crippen LogP contribution in [0.2, 0.25) is 0 Å². The first-order valence-electron chi connectivity index (χ1n) is 7.15. The van der Waals surface area contributed by atoms with Gasteiger partial charge in [-0.2, -0.15) is 0 Å². The van der Waals surface area contributed by atoms with Gasteiger partial charge in [0.15, 0.2) is 0 Å². The van der Waals surface area contributed by atoms with Gasteiger partial charge in [0, 0.05) is 0 Å². The molecule has 0 heteroatoms. The standard InChI is InChI=1S/C15H18.C2H6.CH4/c1-11-6-9-15-13(10-11)8-7-12-4-2-3-5-14(12)15;1-2;/h6,9-10H,2-5,7-8H2,1H3;1-2H3;1H4. The van der Waals surface area contributed by atoms with Crippen molar-refractivity contribution in [1.29, 1.82) is 0 Å². The van der Waals surface area contributed by atoms with Gasteiger partial charge in [0.05, 0.1) is 0 Å². The zero-order valence-electron chi connectivity index (χ0n) is 11.5. The molecule has 18 heavy (non-hydrogen) atoms. The van der Waals surface area contributed by atoms with Gasteiger partial charge in [-0.1, -0.05) is 50.6 Å². The number of rotatable bonds is 0. The average Bonchev–Trinajstić information content (AvgIpc) is 2.40. The third-order valence-corrected chi connectivity index (χ3v) is 3.86. The fourth-order valence-electron chi connectivity index (χ4n) is 3.08. The molecule has 0 nitrogen and oxygen atoms in total. The molecular weight excluding hydrogens is 216 g/mol. The van der Waals surface area contributed by atoms with E-state index < -0.39 is 0 Å². The van der Waals surface area contributed by atoms with Crippen molar-refractivity contribution in [3.8, 4) is 0 Å². The van der Waals surface area contributed by atoms with Crippen LogP contribution in [0.3, 0.4) is 0 Å². The molecule has 3 rings (SSSR count). The third kappa shape index (κ3) is 2.85. The van der Waals surface area contributed by atoms with E-state index in [-0.39, 0.29) is 7.43 Å². The van der Waals surface area contributed by atoms with Crippen LogP contribution in [0.1, 0.15) is 70.1 Å². The lowest BCUT2D eigenvalue weighted by atomic mass is 9.78. The Hall–Kier alpha value is -1.04. The summed E-state index contributed by atoms with van der Waals surface area (Å²) in [5, 5.41) is 0. The number of aryl methyl sites for hydroxylation is 2. The molecule has 0 radical (unpaired) electrons. The predicted molar refractivity (Wildman–Crippen MR) is 83.0 cm³/mol. The first-order valence-corrected chi connectivity index (χ1v) is 7.15. The van der Waals surface area contributed by atoms with Crippen LogP contribution < -0.4 is 0 Å². The van der Waals surface area contributed by atoms with Crippen LogP contribution in [0.15, 0.2) is 23.8 Å². The van der Waals surface area contributed by atoms with Crippen molar-refractivity contribution in [2.24, 2.45) is 0 Å². The number of hydrogen-bond acceptors (Lipinski definition) is 0. The minimum Gasteiger partial charge on any atom is -0.0776 e. The quantitative estimate of drug-likeness (QED) is 0.530. The third-order valence-electron chi connectivity index (χ3n) is 3.86. The lowest BCUT2D eigenvalue weighted by Gasteiger charge is -2.27. The highest BCUT2D eigenvalue weighted by atomic mass is 14.3. The Morgan fingerprint density at radius 1 is 0.889 bits per heavy atom. The molecule has 100 valence electrons. The number of hydrogen-bond donors (Lipinski definition) is 0. The Morgan fingerprint density at radius 2 is 1.61 bits per heavy atom. The van der Waals surface area contributed by atoms with Gasteiger partial charge >= 0.3 is 0 Å². The van der Waals surface area contributed by atoms with Gasteiger partial charge in [-0.05, 0) is 62.1 Å². The summed E-state index contributed by atoms with van der Waals surface area (Å²) in [6, 6.07) is 7.00. The second-order valence-electron chi connectivity index (χ2n) is 4.95. The Morgan fingerprint density at radius 3 is 2.39 bits per heavy atom. The molecule has 0 spiro atoms. The van der Waals surface area contributed by atoms with Crippen LogP contribution in [-0.4, -0.2) is 0 Å². The fraction of sp³-hybridized carbons (Fsp3) is 0.556. The lowest BCUT2D eigenvalue weighted by molar-refractivity contribution is 0.675. The zero-order chi connectivity index (χ0) is 12.3. The minimum atomic E-state index is 0. The van der Waals surface area contributed by atoms with E-state index in [0.29, 0.717) is 0 Å². The molecular formula is C18H28. The minimum absolute atomic E-state index is 0. The predicted octanol–water partition coefficient (Wildman–Crippen LogP) is 5.93. The van der Waals surface area contributed by atoms with Crippen LogP contribution in [0, 0.1) is 6.92 Å². The van der Waals surface area contributed by atoms with Crippen molar-refractivity contribution in [3.63, 3.8) is 0 Å². The molecule has 2 aliphatic rings. The van der Waals surface area contributed by atoms with Crippen molar-refractivity contribution in [2.45, 2.75) is 66.7 Å². The maximum absolute atomic E-state index is 2.38. The molecule has 1 aromatic carbocycles. The van der Waals surface area contributed by atoms with E-state index >= 15 is 0 Å². The van der Waals surface area contributed by atoms with E-state index in [0.717, 1.165) is 0 Å². The SMILES string of the molecule is C.CC.Cc1ccc2c(c1)CCC1=C2CCCC1. The summed E-state index contributed by atoms with van der Waals surface area (Å²) in [7, 11) is 0.